The molecule has 224 valence electrons. The summed E-state index contributed by atoms with van der Waals surface area (Å²) in [4.78, 5) is 4.90. The lowest BCUT2D eigenvalue weighted by Crippen LogP contribution is -2.25. The molecule has 1 aliphatic carbocycles. The quantitative estimate of drug-likeness (QED) is 0.116. The molecular formula is C44H28N4. The molecule has 9 aromatic rings. The molecule has 10 rings (SSSR count). The molecule has 0 bridgehead atoms. The molecule has 0 saturated carbocycles. The average Bonchev–Trinajstić information content (AvgIpc) is 3.40. The van der Waals surface area contributed by atoms with E-state index in [9.17, 15) is 0 Å². The third-order valence-corrected chi connectivity index (χ3v) is 9.81. The molecule has 0 radical (unpaired) electrons. The van der Waals surface area contributed by atoms with E-state index in [2.05, 4.69) is 107 Å². The smallest absolute Gasteiger partial charge is 0.154 e. The van der Waals surface area contributed by atoms with Gasteiger partial charge in [0.25, 0.3) is 0 Å². The van der Waals surface area contributed by atoms with Crippen LogP contribution >= 0.6 is 0 Å². The molecule has 48 heavy (non-hydrogen) atoms. The topological polar surface area (TPSA) is 53.2 Å². The fourth-order valence-corrected chi connectivity index (χ4v) is 7.79. The number of rotatable bonds is 3. The van der Waals surface area contributed by atoms with Crippen molar-refractivity contribution in [1.82, 2.24) is 4.68 Å². The van der Waals surface area contributed by atoms with Crippen LogP contribution in [0.25, 0.3) is 76.4 Å². The largest absolute Gasteiger partial charge is 0.282 e. The van der Waals surface area contributed by atoms with Crippen molar-refractivity contribution in [2.45, 2.75) is 0 Å². The zero-order valence-corrected chi connectivity index (χ0v) is 25.9. The molecule has 0 saturated heterocycles. The Morgan fingerprint density at radius 2 is 1.00 bits per heavy atom. The molecule has 1 aromatic heterocycles. The molecule has 4 nitrogen and oxygen atoms in total. The maximum atomic E-state index is 8.93. The third kappa shape index (κ3) is 3.77. The van der Waals surface area contributed by atoms with Gasteiger partial charge in [0.15, 0.2) is 11.7 Å². The first-order valence-electron chi connectivity index (χ1n) is 16.2. The predicted octanol–water partition coefficient (Wildman–Crippen LogP) is 10.9. The Kier molecular flexibility index (Phi) is 5.69. The van der Waals surface area contributed by atoms with Crippen molar-refractivity contribution in [3.63, 3.8) is 0 Å². The van der Waals surface area contributed by atoms with Crippen LogP contribution in [-0.2, 0) is 0 Å². The number of aromatic nitrogens is 1. The van der Waals surface area contributed by atoms with E-state index < -0.39 is 0 Å². The van der Waals surface area contributed by atoms with Gasteiger partial charge in [-0.2, -0.15) is 0 Å². The molecule has 4 heteroatoms. The molecule has 0 spiro atoms. The summed E-state index contributed by atoms with van der Waals surface area (Å²) < 4.78 is 2.17. The highest BCUT2D eigenvalue weighted by Gasteiger charge is 2.27. The van der Waals surface area contributed by atoms with Crippen LogP contribution in [0.2, 0.25) is 0 Å². The van der Waals surface area contributed by atoms with Crippen LogP contribution in [0.15, 0.2) is 163 Å². The number of hydrogen-bond donors (Lipinski definition) is 2. The minimum Gasteiger partial charge on any atom is -0.282 e. The fraction of sp³-hybridized carbons (Fsp3) is 0. The number of fused-ring (bicyclic) bond motifs is 8. The lowest BCUT2D eigenvalue weighted by molar-refractivity contribution is 1.08. The monoisotopic (exact) mass is 612 g/mol. The van der Waals surface area contributed by atoms with E-state index in [1.807, 2.05) is 60.7 Å². The first kappa shape index (κ1) is 26.7. The Balaban J connectivity index is 1.32. The van der Waals surface area contributed by atoms with Gasteiger partial charge in [-0.3, -0.25) is 15.5 Å². The van der Waals surface area contributed by atoms with Crippen molar-refractivity contribution in [1.29, 1.82) is 5.41 Å². The first-order chi connectivity index (χ1) is 23.8. The molecule has 1 heterocycles. The van der Waals surface area contributed by atoms with Gasteiger partial charge in [0.05, 0.1) is 11.0 Å². The van der Waals surface area contributed by atoms with Gasteiger partial charge < -0.3 is 0 Å². The molecule has 0 amide bonds. The highest BCUT2D eigenvalue weighted by atomic mass is 15.4. The summed E-state index contributed by atoms with van der Waals surface area (Å²) in [5.74, 6) is 0.806. The standard InChI is InChI=1S/C44H28N4/c45-43(28-13-3-1-4-14-28)46-44(29-15-5-2-6-16-29)47-48-36-24-12-23-35-40-33-21-10-8-19-31(33)30-18-7-9-20-32(30)39(40)34-22-11-17-27-25-26-37(48)42(38(27)34)41(35)36/h1-26H,(H2,45,46,47). The number of hydrogen-bond acceptors (Lipinski definition) is 1. The van der Waals surface area contributed by atoms with Crippen molar-refractivity contribution in [3.05, 3.63) is 169 Å². The molecule has 8 aromatic carbocycles. The van der Waals surface area contributed by atoms with Crippen LogP contribution in [0.1, 0.15) is 11.1 Å². The Morgan fingerprint density at radius 3 is 1.67 bits per heavy atom. The lowest BCUT2D eigenvalue weighted by atomic mass is 9.85. The minimum absolute atomic E-state index is 0.199. The van der Waals surface area contributed by atoms with Crippen LogP contribution in [0.5, 0.6) is 0 Å². The molecule has 0 unspecified atom stereocenters. The Morgan fingerprint density at radius 1 is 0.458 bits per heavy atom. The minimum atomic E-state index is 0.199. The second-order valence-corrected chi connectivity index (χ2v) is 12.4. The number of amidine groups is 2. The van der Waals surface area contributed by atoms with E-state index >= 15 is 0 Å². The number of aliphatic imine (C=N–C) groups is 1. The highest BCUT2D eigenvalue weighted by molar-refractivity contribution is 6.35. The van der Waals surface area contributed by atoms with Crippen molar-refractivity contribution in [2.24, 2.45) is 4.99 Å². The van der Waals surface area contributed by atoms with Gasteiger partial charge in [0, 0.05) is 21.9 Å². The molecule has 0 fully saturated rings. The van der Waals surface area contributed by atoms with E-state index in [0.29, 0.717) is 5.84 Å². The number of benzene rings is 8. The molecule has 0 atom stereocenters. The van der Waals surface area contributed by atoms with Gasteiger partial charge in [0.2, 0.25) is 0 Å². The van der Waals surface area contributed by atoms with Gasteiger partial charge in [-0.05, 0) is 66.7 Å². The molecular weight excluding hydrogens is 585 g/mol. The summed E-state index contributed by atoms with van der Waals surface area (Å²) in [5.41, 5.74) is 12.5. The van der Waals surface area contributed by atoms with Crippen molar-refractivity contribution >= 4 is 65.8 Å². The normalized spacial score (nSPS) is 12.4. The van der Waals surface area contributed by atoms with E-state index in [4.69, 9.17) is 10.4 Å². The summed E-state index contributed by atoms with van der Waals surface area (Å²) in [6, 6.07) is 55.2. The van der Waals surface area contributed by atoms with Gasteiger partial charge in [-0.15, -0.1) is 0 Å². The summed E-state index contributed by atoms with van der Waals surface area (Å²) in [5, 5.41) is 18.9. The average molecular weight is 613 g/mol. The zero-order valence-electron chi connectivity index (χ0n) is 25.9. The maximum absolute atomic E-state index is 8.93. The second kappa shape index (κ2) is 10.2. The summed E-state index contributed by atoms with van der Waals surface area (Å²) >= 11 is 0. The van der Waals surface area contributed by atoms with Crippen LogP contribution in [0.3, 0.4) is 0 Å². The van der Waals surface area contributed by atoms with Gasteiger partial charge in [-0.1, -0.05) is 146 Å². The SMILES string of the molecule is N=C(/N=C(\Nn1c2cccc3c2c2c4c(cccc4ccc21)-c1c-3c2ccccc2c2ccccc12)c1ccccc1)c1ccccc1. The van der Waals surface area contributed by atoms with E-state index in [1.165, 1.54) is 65.3 Å². The van der Waals surface area contributed by atoms with E-state index in [-0.39, 0.29) is 5.84 Å². The highest BCUT2D eigenvalue weighted by Crippen LogP contribution is 2.53. The summed E-state index contributed by atoms with van der Waals surface area (Å²) in [7, 11) is 0. The third-order valence-electron chi connectivity index (χ3n) is 9.81. The molecule has 1 aliphatic rings. The molecule has 0 aliphatic heterocycles. The van der Waals surface area contributed by atoms with Gasteiger partial charge in [-0.25, -0.2) is 4.99 Å². The number of nitrogens with one attached hydrogen (secondary N) is 2. The van der Waals surface area contributed by atoms with Gasteiger partial charge >= 0.3 is 0 Å². The van der Waals surface area contributed by atoms with E-state index in [1.54, 1.807) is 0 Å². The van der Waals surface area contributed by atoms with Crippen molar-refractivity contribution in [2.75, 3.05) is 5.43 Å². The Bertz CT molecular complexity index is 2810. The Hall–Kier alpha value is -6.52. The molecule has 2 N–H and O–H groups in total. The maximum Gasteiger partial charge on any atom is 0.154 e. The van der Waals surface area contributed by atoms with Crippen LogP contribution in [0.4, 0.5) is 0 Å². The predicted molar refractivity (Wildman–Crippen MR) is 202 cm³/mol. The second-order valence-electron chi connectivity index (χ2n) is 12.4. The van der Waals surface area contributed by atoms with E-state index in [0.717, 1.165) is 22.2 Å². The number of nitrogens with zero attached hydrogens (tertiary/aromatic N) is 2. The lowest BCUT2D eigenvalue weighted by Gasteiger charge is -2.19. The first-order valence-corrected chi connectivity index (χ1v) is 16.2. The Labute approximate surface area is 276 Å². The van der Waals surface area contributed by atoms with Crippen molar-refractivity contribution in [3.8, 4) is 22.3 Å². The van der Waals surface area contributed by atoms with Crippen LogP contribution in [-0.4, -0.2) is 16.3 Å². The van der Waals surface area contributed by atoms with Crippen molar-refractivity contribution < 1.29 is 0 Å². The summed E-state index contributed by atoms with van der Waals surface area (Å²) in [6.45, 7) is 0. The fourth-order valence-electron chi connectivity index (χ4n) is 7.79. The summed E-state index contributed by atoms with van der Waals surface area (Å²) in [6.07, 6.45) is 0. The zero-order chi connectivity index (χ0) is 31.8. The van der Waals surface area contributed by atoms with Crippen LogP contribution < -0.4 is 5.43 Å². The van der Waals surface area contributed by atoms with Crippen LogP contribution in [0, 0.1) is 5.41 Å². The van der Waals surface area contributed by atoms with Gasteiger partial charge in [0.1, 0.15) is 0 Å².